The van der Waals surface area contributed by atoms with Crippen molar-refractivity contribution in [3.63, 3.8) is 0 Å². The lowest BCUT2D eigenvalue weighted by Crippen LogP contribution is -2.05. The van der Waals surface area contributed by atoms with Crippen molar-refractivity contribution >= 4 is 29.3 Å². The minimum Gasteiger partial charge on any atom is -0.366 e. The Bertz CT molecular complexity index is 443. The van der Waals surface area contributed by atoms with Gasteiger partial charge in [0.2, 0.25) is 5.91 Å². The van der Waals surface area contributed by atoms with E-state index in [-0.39, 0.29) is 5.69 Å². The second kappa shape index (κ2) is 4.56. The van der Waals surface area contributed by atoms with Crippen LogP contribution in [-0.2, 0) is 4.79 Å². The van der Waals surface area contributed by atoms with Crippen molar-refractivity contribution in [1.29, 1.82) is 0 Å². The third kappa shape index (κ3) is 3.07. The highest BCUT2D eigenvalue weighted by molar-refractivity contribution is 6.32. The zero-order chi connectivity index (χ0) is 11.4. The first kappa shape index (κ1) is 11.2. The third-order valence-electron chi connectivity index (χ3n) is 1.62. The van der Waals surface area contributed by atoms with Gasteiger partial charge in [-0.1, -0.05) is 11.6 Å². The molecule has 0 saturated carbocycles. The minimum absolute atomic E-state index is 0.0940. The van der Waals surface area contributed by atoms with E-state index in [2.05, 4.69) is 0 Å². The SMILES string of the molecule is NC(=O)C=Cc1cc([N+](=O)[O-])ccc1Cl. The van der Waals surface area contributed by atoms with Gasteiger partial charge in [0.1, 0.15) is 0 Å². The van der Waals surface area contributed by atoms with Crippen LogP contribution in [0.5, 0.6) is 0 Å². The van der Waals surface area contributed by atoms with Crippen LogP contribution in [0.2, 0.25) is 5.02 Å². The van der Waals surface area contributed by atoms with E-state index in [1.54, 1.807) is 0 Å². The number of hydrogen-bond acceptors (Lipinski definition) is 3. The molecule has 0 atom stereocenters. The number of carbonyl (C=O) groups is 1. The summed E-state index contributed by atoms with van der Waals surface area (Å²) in [6.45, 7) is 0. The van der Waals surface area contributed by atoms with E-state index in [1.807, 2.05) is 0 Å². The Morgan fingerprint density at radius 1 is 1.53 bits per heavy atom. The molecular formula is C9H7ClN2O3. The number of nitro benzene ring substituents is 1. The first-order valence-electron chi connectivity index (χ1n) is 3.92. The van der Waals surface area contributed by atoms with Gasteiger partial charge in [-0.2, -0.15) is 0 Å². The summed E-state index contributed by atoms with van der Waals surface area (Å²) < 4.78 is 0. The standard InChI is InChI=1S/C9H7ClN2O3/c10-8-3-2-7(12(14)15)5-6(8)1-4-9(11)13/h1-5H,(H2,11,13). The number of nitrogens with zero attached hydrogens (tertiary/aromatic N) is 1. The van der Waals surface area contributed by atoms with Crippen LogP contribution >= 0.6 is 11.6 Å². The van der Waals surface area contributed by atoms with Gasteiger partial charge >= 0.3 is 0 Å². The number of nitro groups is 1. The zero-order valence-electron chi connectivity index (χ0n) is 7.51. The molecule has 1 amide bonds. The number of primary amides is 1. The Balaban J connectivity index is 3.11. The molecule has 0 fully saturated rings. The molecule has 1 aromatic carbocycles. The van der Waals surface area contributed by atoms with Gasteiger partial charge in [0, 0.05) is 28.8 Å². The second-order valence-electron chi connectivity index (χ2n) is 2.70. The Morgan fingerprint density at radius 3 is 2.73 bits per heavy atom. The van der Waals surface area contributed by atoms with Crippen LogP contribution in [0.3, 0.4) is 0 Å². The minimum atomic E-state index is -0.641. The fourth-order valence-corrected chi connectivity index (χ4v) is 1.12. The lowest BCUT2D eigenvalue weighted by atomic mass is 10.2. The summed E-state index contributed by atoms with van der Waals surface area (Å²) in [5, 5.41) is 10.8. The van der Waals surface area contributed by atoms with E-state index < -0.39 is 10.8 Å². The average Bonchev–Trinajstić information content (AvgIpc) is 2.16. The topological polar surface area (TPSA) is 86.2 Å². The number of halogens is 1. The van der Waals surface area contributed by atoms with Crippen LogP contribution in [-0.4, -0.2) is 10.8 Å². The lowest BCUT2D eigenvalue weighted by molar-refractivity contribution is -0.384. The number of benzene rings is 1. The fraction of sp³-hybridized carbons (Fsp3) is 0. The molecule has 5 nitrogen and oxygen atoms in total. The average molecular weight is 227 g/mol. The molecule has 0 spiro atoms. The molecule has 1 rings (SSSR count). The van der Waals surface area contributed by atoms with Crippen molar-refractivity contribution < 1.29 is 9.72 Å². The van der Waals surface area contributed by atoms with Gasteiger partial charge in [0.05, 0.1) is 4.92 Å². The molecular weight excluding hydrogens is 220 g/mol. The molecule has 2 N–H and O–H groups in total. The Morgan fingerprint density at radius 2 is 2.20 bits per heavy atom. The van der Waals surface area contributed by atoms with Gasteiger partial charge < -0.3 is 5.73 Å². The zero-order valence-corrected chi connectivity index (χ0v) is 8.27. The second-order valence-corrected chi connectivity index (χ2v) is 3.11. The maximum atomic E-state index is 10.5. The van der Waals surface area contributed by atoms with E-state index in [4.69, 9.17) is 17.3 Å². The molecule has 0 unspecified atom stereocenters. The van der Waals surface area contributed by atoms with Gasteiger partial charge in [0.25, 0.3) is 5.69 Å². The smallest absolute Gasteiger partial charge is 0.270 e. The molecule has 0 aliphatic carbocycles. The normalized spacial score (nSPS) is 10.5. The van der Waals surface area contributed by atoms with E-state index in [1.165, 1.54) is 24.3 Å². The first-order valence-corrected chi connectivity index (χ1v) is 4.30. The number of nitrogens with two attached hydrogens (primary N) is 1. The monoisotopic (exact) mass is 226 g/mol. The highest BCUT2D eigenvalue weighted by Crippen LogP contribution is 2.22. The molecule has 6 heteroatoms. The summed E-state index contributed by atoms with van der Waals surface area (Å²) in [6, 6.07) is 3.94. The highest BCUT2D eigenvalue weighted by Gasteiger charge is 2.07. The summed E-state index contributed by atoms with van der Waals surface area (Å²) in [4.78, 5) is 20.4. The molecule has 1 aromatic rings. The van der Waals surface area contributed by atoms with Gasteiger partial charge in [-0.05, 0) is 12.1 Å². The van der Waals surface area contributed by atoms with Gasteiger partial charge in [0.15, 0.2) is 0 Å². The maximum Gasteiger partial charge on any atom is 0.270 e. The quantitative estimate of drug-likeness (QED) is 0.484. The molecule has 78 valence electrons. The molecule has 15 heavy (non-hydrogen) atoms. The maximum absolute atomic E-state index is 10.5. The first-order chi connectivity index (χ1) is 7.00. The van der Waals surface area contributed by atoms with Crippen molar-refractivity contribution in [1.82, 2.24) is 0 Å². The van der Waals surface area contributed by atoms with Gasteiger partial charge in [-0.25, -0.2) is 0 Å². The Hall–Kier alpha value is -1.88. The predicted molar refractivity (Wildman–Crippen MR) is 56.3 cm³/mol. The Labute approximate surface area is 90.3 Å². The van der Waals surface area contributed by atoms with Crippen molar-refractivity contribution in [3.05, 3.63) is 45.0 Å². The number of hydrogen-bond donors (Lipinski definition) is 1. The van der Waals surface area contributed by atoms with Crippen molar-refractivity contribution in [2.24, 2.45) is 5.73 Å². The fourth-order valence-electron chi connectivity index (χ4n) is 0.944. The number of amides is 1. The van der Waals surface area contributed by atoms with Gasteiger partial charge in [-0.3, -0.25) is 14.9 Å². The molecule has 0 bridgehead atoms. The predicted octanol–water partition coefficient (Wildman–Crippen LogP) is 1.75. The molecule has 0 aliphatic rings. The summed E-state index contributed by atoms with van der Waals surface area (Å²) in [5.41, 5.74) is 5.17. The van der Waals surface area contributed by atoms with Crippen LogP contribution in [0.4, 0.5) is 5.69 Å². The molecule has 0 radical (unpaired) electrons. The van der Waals surface area contributed by atoms with E-state index >= 15 is 0 Å². The summed E-state index contributed by atoms with van der Waals surface area (Å²) >= 11 is 5.76. The van der Waals surface area contributed by atoms with E-state index in [9.17, 15) is 14.9 Å². The van der Waals surface area contributed by atoms with E-state index in [0.717, 1.165) is 6.08 Å². The third-order valence-corrected chi connectivity index (χ3v) is 1.96. The lowest BCUT2D eigenvalue weighted by Gasteiger charge is -1.97. The Kier molecular flexibility index (Phi) is 3.41. The number of rotatable bonds is 3. The van der Waals surface area contributed by atoms with Crippen molar-refractivity contribution in [3.8, 4) is 0 Å². The highest BCUT2D eigenvalue weighted by atomic mass is 35.5. The van der Waals surface area contributed by atoms with E-state index in [0.29, 0.717) is 10.6 Å². The molecule has 0 aliphatic heterocycles. The van der Waals surface area contributed by atoms with Crippen LogP contribution < -0.4 is 5.73 Å². The number of carbonyl (C=O) groups excluding carboxylic acids is 1. The molecule has 0 heterocycles. The summed E-state index contributed by atoms with van der Waals surface area (Å²) in [6.07, 6.45) is 2.42. The molecule has 0 aromatic heterocycles. The van der Waals surface area contributed by atoms with Crippen molar-refractivity contribution in [2.75, 3.05) is 0 Å². The van der Waals surface area contributed by atoms with Crippen LogP contribution in [0.25, 0.3) is 6.08 Å². The summed E-state index contributed by atoms with van der Waals surface area (Å²) in [7, 11) is 0. The van der Waals surface area contributed by atoms with Crippen molar-refractivity contribution in [2.45, 2.75) is 0 Å². The summed E-state index contributed by atoms with van der Waals surface area (Å²) in [5.74, 6) is -0.641. The largest absolute Gasteiger partial charge is 0.366 e. The number of non-ortho nitro benzene ring substituents is 1. The van der Waals surface area contributed by atoms with Crippen LogP contribution in [0, 0.1) is 10.1 Å². The van der Waals surface area contributed by atoms with Gasteiger partial charge in [-0.15, -0.1) is 0 Å². The van der Waals surface area contributed by atoms with Crippen LogP contribution in [0.1, 0.15) is 5.56 Å². The molecule has 0 saturated heterocycles. The van der Waals surface area contributed by atoms with Crippen LogP contribution in [0.15, 0.2) is 24.3 Å².